The van der Waals surface area contributed by atoms with Crippen LogP contribution in [0.4, 0.5) is 11.4 Å². The van der Waals surface area contributed by atoms with Crippen molar-refractivity contribution in [3.63, 3.8) is 0 Å². The molecule has 1 aliphatic rings. The van der Waals surface area contributed by atoms with Gasteiger partial charge in [0.25, 0.3) is 0 Å². The van der Waals surface area contributed by atoms with Crippen molar-refractivity contribution in [2.24, 2.45) is 7.05 Å². The summed E-state index contributed by atoms with van der Waals surface area (Å²) in [5, 5.41) is 16.7. The maximum atomic E-state index is 12.0. The van der Waals surface area contributed by atoms with Crippen LogP contribution in [0, 0.1) is 11.3 Å². The van der Waals surface area contributed by atoms with E-state index in [1.807, 2.05) is 48.9 Å². The fourth-order valence-electron chi connectivity index (χ4n) is 3.48. The molecular formula is C20H18N4O. The molecule has 2 aromatic carbocycles. The number of hydrogen-bond acceptors (Lipinski definition) is 3. The van der Waals surface area contributed by atoms with E-state index < -0.39 is 0 Å². The van der Waals surface area contributed by atoms with Crippen molar-refractivity contribution in [1.82, 2.24) is 4.57 Å². The summed E-state index contributed by atoms with van der Waals surface area (Å²) in [6.07, 6.45) is 2.51. The van der Waals surface area contributed by atoms with Gasteiger partial charge in [-0.1, -0.05) is 18.2 Å². The molecule has 0 saturated heterocycles. The van der Waals surface area contributed by atoms with Gasteiger partial charge < -0.3 is 15.2 Å². The monoisotopic (exact) mass is 330 g/mol. The molecule has 0 fully saturated rings. The lowest BCUT2D eigenvalue weighted by Gasteiger charge is -2.16. The molecule has 124 valence electrons. The molecule has 0 bridgehead atoms. The van der Waals surface area contributed by atoms with Crippen LogP contribution < -0.4 is 10.6 Å². The number of amides is 1. The molecule has 1 amide bonds. The summed E-state index contributed by atoms with van der Waals surface area (Å²) in [6, 6.07) is 13.9. The van der Waals surface area contributed by atoms with Crippen molar-refractivity contribution < 1.29 is 4.79 Å². The Bertz CT molecular complexity index is 1040. The number of aromatic nitrogens is 1. The van der Waals surface area contributed by atoms with E-state index >= 15 is 0 Å². The standard InChI is InChI=1S/C20H18N4O/c1-12-8-19(25)23-17-5-3-4-15(20(17)22-12)16-11-24(2)18-9-13(10-21)6-7-14(16)18/h3-7,9,11-12,22H,8H2,1-2H3,(H,23,25)/t12-/m1/s1. The number of nitriles is 1. The van der Waals surface area contributed by atoms with Crippen LogP contribution >= 0.6 is 0 Å². The normalized spacial score (nSPS) is 16.5. The molecule has 25 heavy (non-hydrogen) atoms. The van der Waals surface area contributed by atoms with E-state index in [0.29, 0.717) is 12.0 Å². The number of carbonyl (C=O) groups excluding carboxylic acids is 1. The van der Waals surface area contributed by atoms with Gasteiger partial charge in [-0.2, -0.15) is 5.26 Å². The molecule has 1 aliphatic heterocycles. The molecule has 1 atom stereocenters. The molecular weight excluding hydrogens is 312 g/mol. The molecule has 2 heterocycles. The van der Waals surface area contributed by atoms with Crippen LogP contribution in [0.25, 0.3) is 22.0 Å². The highest BCUT2D eigenvalue weighted by atomic mass is 16.1. The summed E-state index contributed by atoms with van der Waals surface area (Å²) in [7, 11) is 1.98. The molecule has 1 aromatic heterocycles. The first-order valence-electron chi connectivity index (χ1n) is 8.26. The minimum atomic E-state index is 0.0208. The lowest BCUT2D eigenvalue weighted by molar-refractivity contribution is -0.116. The maximum absolute atomic E-state index is 12.0. The number of rotatable bonds is 1. The first kappa shape index (κ1) is 15.3. The van der Waals surface area contributed by atoms with E-state index in [-0.39, 0.29) is 11.9 Å². The number of hydrogen-bond donors (Lipinski definition) is 2. The van der Waals surface area contributed by atoms with Gasteiger partial charge >= 0.3 is 0 Å². The number of nitrogens with one attached hydrogen (secondary N) is 2. The van der Waals surface area contributed by atoms with Crippen LogP contribution in [-0.2, 0) is 11.8 Å². The number of anilines is 2. The van der Waals surface area contributed by atoms with Crippen LogP contribution in [-0.4, -0.2) is 16.5 Å². The first-order chi connectivity index (χ1) is 12.1. The topological polar surface area (TPSA) is 69.8 Å². The molecule has 0 radical (unpaired) electrons. The van der Waals surface area contributed by atoms with Gasteiger partial charge in [-0.05, 0) is 25.1 Å². The molecule has 0 saturated carbocycles. The first-order valence-corrected chi connectivity index (χ1v) is 8.26. The second-order valence-corrected chi connectivity index (χ2v) is 6.52. The molecule has 5 nitrogen and oxygen atoms in total. The van der Waals surface area contributed by atoms with Crippen LogP contribution in [0.1, 0.15) is 18.9 Å². The van der Waals surface area contributed by atoms with Crippen molar-refractivity contribution in [3.8, 4) is 17.2 Å². The maximum Gasteiger partial charge on any atom is 0.226 e. The van der Waals surface area contributed by atoms with Gasteiger partial charge in [0.05, 0.1) is 23.0 Å². The molecule has 2 N–H and O–H groups in total. The van der Waals surface area contributed by atoms with Gasteiger partial charge in [-0.25, -0.2) is 0 Å². The highest BCUT2D eigenvalue weighted by Crippen LogP contribution is 2.40. The van der Waals surface area contributed by atoms with Gasteiger partial charge in [0, 0.05) is 47.7 Å². The van der Waals surface area contributed by atoms with E-state index in [0.717, 1.165) is 33.4 Å². The fourth-order valence-corrected chi connectivity index (χ4v) is 3.48. The third kappa shape index (κ3) is 2.52. The number of fused-ring (bicyclic) bond motifs is 2. The minimum Gasteiger partial charge on any atom is -0.380 e. The third-order valence-electron chi connectivity index (χ3n) is 4.63. The number of para-hydroxylation sites is 1. The highest BCUT2D eigenvalue weighted by Gasteiger charge is 2.21. The fraction of sp³-hybridized carbons (Fsp3) is 0.200. The Labute approximate surface area is 145 Å². The van der Waals surface area contributed by atoms with Gasteiger partial charge in [0.15, 0.2) is 0 Å². The number of carbonyl (C=O) groups is 1. The third-order valence-corrected chi connectivity index (χ3v) is 4.63. The second-order valence-electron chi connectivity index (χ2n) is 6.52. The van der Waals surface area contributed by atoms with E-state index in [1.54, 1.807) is 0 Å². The number of aryl methyl sites for hydroxylation is 1. The Hall–Kier alpha value is -3.26. The highest BCUT2D eigenvalue weighted by molar-refractivity contribution is 6.05. The average Bonchev–Trinajstić information content (AvgIpc) is 2.83. The molecule has 3 aromatic rings. The van der Waals surface area contributed by atoms with Crippen molar-refractivity contribution in [3.05, 3.63) is 48.2 Å². The van der Waals surface area contributed by atoms with Crippen LogP contribution in [0.15, 0.2) is 42.6 Å². The van der Waals surface area contributed by atoms with Gasteiger partial charge in [-0.15, -0.1) is 0 Å². The molecule has 0 unspecified atom stereocenters. The van der Waals surface area contributed by atoms with E-state index in [1.165, 1.54) is 0 Å². The van der Waals surface area contributed by atoms with Crippen LogP contribution in [0.3, 0.4) is 0 Å². The number of nitrogens with zero attached hydrogens (tertiary/aromatic N) is 2. The summed E-state index contributed by atoms with van der Waals surface area (Å²) in [4.78, 5) is 12.0. The van der Waals surface area contributed by atoms with Crippen LogP contribution in [0.5, 0.6) is 0 Å². The van der Waals surface area contributed by atoms with Gasteiger partial charge in [0.2, 0.25) is 5.91 Å². The SMILES string of the molecule is C[C@@H]1CC(=O)Nc2cccc(-c3cn(C)c4cc(C#N)ccc34)c2N1. The summed E-state index contributed by atoms with van der Waals surface area (Å²) in [5.74, 6) is 0.0208. The van der Waals surface area contributed by atoms with Crippen LogP contribution in [0.2, 0.25) is 0 Å². The van der Waals surface area contributed by atoms with E-state index in [2.05, 4.69) is 29.0 Å². The van der Waals surface area contributed by atoms with Crippen molar-refractivity contribution in [2.75, 3.05) is 10.6 Å². The summed E-state index contributed by atoms with van der Waals surface area (Å²) < 4.78 is 2.03. The quantitative estimate of drug-likeness (QED) is 0.712. The van der Waals surface area contributed by atoms with Gasteiger partial charge in [-0.3, -0.25) is 4.79 Å². The largest absolute Gasteiger partial charge is 0.380 e. The van der Waals surface area contributed by atoms with E-state index in [9.17, 15) is 4.79 Å². The summed E-state index contributed by atoms with van der Waals surface area (Å²) in [6.45, 7) is 2.01. The molecule has 0 spiro atoms. The van der Waals surface area contributed by atoms with E-state index in [4.69, 9.17) is 5.26 Å². The zero-order chi connectivity index (χ0) is 17.6. The molecule has 5 heteroatoms. The molecule has 4 rings (SSSR count). The minimum absolute atomic E-state index is 0.0208. The van der Waals surface area contributed by atoms with Crippen molar-refractivity contribution in [2.45, 2.75) is 19.4 Å². The lowest BCUT2D eigenvalue weighted by Crippen LogP contribution is -2.19. The predicted octanol–water partition coefficient (Wildman–Crippen LogP) is 3.86. The Kier molecular flexibility index (Phi) is 3.47. The average molecular weight is 330 g/mol. The summed E-state index contributed by atoms with van der Waals surface area (Å²) in [5.41, 5.74) is 5.52. The van der Waals surface area contributed by atoms with Crippen molar-refractivity contribution in [1.29, 1.82) is 5.26 Å². The Balaban J connectivity index is 1.95. The zero-order valence-corrected chi connectivity index (χ0v) is 14.1. The second kappa shape index (κ2) is 5.67. The molecule has 0 aliphatic carbocycles. The zero-order valence-electron chi connectivity index (χ0n) is 14.1. The smallest absolute Gasteiger partial charge is 0.226 e. The number of benzene rings is 2. The Morgan fingerprint density at radius 1 is 1.24 bits per heavy atom. The van der Waals surface area contributed by atoms with Gasteiger partial charge in [0.1, 0.15) is 0 Å². The predicted molar refractivity (Wildman–Crippen MR) is 99.4 cm³/mol. The van der Waals surface area contributed by atoms with Crippen molar-refractivity contribution >= 4 is 28.2 Å². The Morgan fingerprint density at radius 2 is 2.08 bits per heavy atom. The lowest BCUT2D eigenvalue weighted by atomic mass is 10.0. The summed E-state index contributed by atoms with van der Waals surface area (Å²) >= 11 is 0. The Morgan fingerprint density at radius 3 is 2.88 bits per heavy atom.